The van der Waals surface area contributed by atoms with Crippen molar-refractivity contribution in [2.24, 2.45) is 0 Å². The zero-order valence-electron chi connectivity index (χ0n) is 12.4. The number of carbonyl (C=O) groups excluding carboxylic acids is 2. The summed E-state index contributed by atoms with van der Waals surface area (Å²) in [6, 6.07) is 12.4. The van der Waals surface area contributed by atoms with Gasteiger partial charge < -0.3 is 10.6 Å². The summed E-state index contributed by atoms with van der Waals surface area (Å²) in [7, 11) is 0. The maximum Gasteiger partial charge on any atom is 0.255 e. The van der Waals surface area contributed by atoms with Crippen LogP contribution in [0, 0.1) is 12.3 Å². The standard InChI is InChI=1S/C18H14N2O2S/c1-3-12-5-4-6-14(9-12)19-18(22)13-7-8-16-15(10-13)20-17(21)11(2)23-16/h1,4-11H,2H3,(H,19,22)(H,20,21). The van der Waals surface area contributed by atoms with Crippen molar-refractivity contribution in [3.63, 3.8) is 0 Å². The normalized spacial score (nSPS) is 16.0. The molecule has 0 aliphatic carbocycles. The third-order valence-corrected chi connectivity index (χ3v) is 4.64. The average molecular weight is 322 g/mol. The van der Waals surface area contributed by atoms with Crippen molar-refractivity contribution in [3.8, 4) is 12.3 Å². The van der Waals surface area contributed by atoms with Crippen LogP contribution < -0.4 is 10.6 Å². The van der Waals surface area contributed by atoms with Gasteiger partial charge in [0.1, 0.15) is 0 Å². The smallest absolute Gasteiger partial charge is 0.255 e. The van der Waals surface area contributed by atoms with Crippen LogP contribution in [0.5, 0.6) is 0 Å². The molecule has 3 rings (SSSR count). The molecule has 2 aromatic carbocycles. The van der Waals surface area contributed by atoms with E-state index in [0.717, 1.165) is 4.90 Å². The predicted molar refractivity (Wildman–Crippen MR) is 92.7 cm³/mol. The second-order valence-electron chi connectivity index (χ2n) is 5.14. The fourth-order valence-electron chi connectivity index (χ4n) is 2.24. The van der Waals surface area contributed by atoms with E-state index in [0.29, 0.717) is 22.5 Å². The van der Waals surface area contributed by atoms with Crippen LogP contribution in [-0.2, 0) is 4.79 Å². The summed E-state index contributed by atoms with van der Waals surface area (Å²) in [5.74, 6) is 2.22. The van der Waals surface area contributed by atoms with Crippen LogP contribution in [-0.4, -0.2) is 17.1 Å². The predicted octanol–water partition coefficient (Wildman–Crippen LogP) is 3.35. The largest absolute Gasteiger partial charge is 0.324 e. The molecule has 0 aromatic heterocycles. The van der Waals surface area contributed by atoms with Crippen LogP contribution in [0.25, 0.3) is 0 Å². The Bertz CT molecular complexity index is 839. The molecule has 0 fully saturated rings. The lowest BCUT2D eigenvalue weighted by Gasteiger charge is -2.21. The van der Waals surface area contributed by atoms with Gasteiger partial charge in [0.05, 0.1) is 10.9 Å². The summed E-state index contributed by atoms with van der Waals surface area (Å²) in [5.41, 5.74) is 2.48. The van der Waals surface area contributed by atoms with Crippen LogP contribution in [0.1, 0.15) is 22.8 Å². The van der Waals surface area contributed by atoms with Gasteiger partial charge in [-0.15, -0.1) is 18.2 Å². The number of hydrogen-bond acceptors (Lipinski definition) is 3. The Morgan fingerprint density at radius 1 is 1.30 bits per heavy atom. The molecule has 1 heterocycles. The summed E-state index contributed by atoms with van der Waals surface area (Å²) < 4.78 is 0. The number of carbonyl (C=O) groups is 2. The Balaban J connectivity index is 1.82. The van der Waals surface area contributed by atoms with Gasteiger partial charge >= 0.3 is 0 Å². The van der Waals surface area contributed by atoms with Crippen molar-refractivity contribution in [1.29, 1.82) is 0 Å². The van der Waals surface area contributed by atoms with Crippen molar-refractivity contribution in [2.45, 2.75) is 17.1 Å². The molecule has 2 N–H and O–H groups in total. The number of amides is 2. The Kier molecular flexibility index (Phi) is 4.09. The van der Waals surface area contributed by atoms with Crippen molar-refractivity contribution >= 4 is 35.0 Å². The lowest BCUT2D eigenvalue weighted by molar-refractivity contribution is -0.115. The lowest BCUT2D eigenvalue weighted by Crippen LogP contribution is -2.26. The summed E-state index contributed by atoms with van der Waals surface area (Å²) in [6.45, 7) is 1.85. The minimum atomic E-state index is -0.250. The Hall–Kier alpha value is -2.71. The SMILES string of the molecule is C#Cc1cccc(NC(=O)c2ccc3c(c2)NC(=O)C(C)S3)c1. The Morgan fingerprint density at radius 2 is 2.13 bits per heavy atom. The van der Waals surface area contributed by atoms with Gasteiger partial charge in [-0.2, -0.15) is 0 Å². The van der Waals surface area contributed by atoms with Gasteiger partial charge in [0, 0.05) is 21.7 Å². The first-order chi connectivity index (χ1) is 11.1. The molecule has 2 amide bonds. The van der Waals surface area contributed by atoms with E-state index in [1.165, 1.54) is 11.8 Å². The molecule has 23 heavy (non-hydrogen) atoms. The number of nitrogens with one attached hydrogen (secondary N) is 2. The molecule has 1 atom stereocenters. The molecule has 0 saturated heterocycles. The van der Waals surface area contributed by atoms with Crippen molar-refractivity contribution in [1.82, 2.24) is 0 Å². The number of fused-ring (bicyclic) bond motifs is 1. The Labute approximate surface area is 138 Å². The minimum Gasteiger partial charge on any atom is -0.324 e. The summed E-state index contributed by atoms with van der Waals surface area (Å²) in [5, 5.41) is 5.50. The average Bonchev–Trinajstić information content (AvgIpc) is 2.55. The van der Waals surface area contributed by atoms with E-state index in [9.17, 15) is 9.59 Å². The molecule has 1 aliphatic heterocycles. The van der Waals surface area contributed by atoms with E-state index in [-0.39, 0.29) is 17.1 Å². The highest BCUT2D eigenvalue weighted by Gasteiger charge is 2.23. The van der Waals surface area contributed by atoms with Gasteiger partial charge in [0.15, 0.2) is 0 Å². The molecule has 0 bridgehead atoms. The van der Waals surface area contributed by atoms with Gasteiger partial charge in [-0.3, -0.25) is 9.59 Å². The first-order valence-electron chi connectivity index (χ1n) is 7.06. The minimum absolute atomic E-state index is 0.0539. The Morgan fingerprint density at radius 3 is 2.91 bits per heavy atom. The second kappa shape index (κ2) is 6.19. The molecule has 1 aliphatic rings. The summed E-state index contributed by atoms with van der Waals surface area (Å²) >= 11 is 1.48. The van der Waals surface area contributed by atoms with Crippen molar-refractivity contribution < 1.29 is 9.59 Å². The number of hydrogen-bond donors (Lipinski definition) is 2. The van der Waals surface area contributed by atoms with Crippen LogP contribution >= 0.6 is 11.8 Å². The first kappa shape index (κ1) is 15.2. The van der Waals surface area contributed by atoms with Crippen LogP contribution in [0.4, 0.5) is 11.4 Å². The maximum absolute atomic E-state index is 12.4. The molecular weight excluding hydrogens is 308 g/mol. The number of anilines is 2. The lowest BCUT2D eigenvalue weighted by atomic mass is 10.1. The molecule has 0 radical (unpaired) electrons. The van der Waals surface area contributed by atoms with Gasteiger partial charge in [-0.1, -0.05) is 12.0 Å². The zero-order valence-corrected chi connectivity index (χ0v) is 13.2. The van der Waals surface area contributed by atoms with Crippen molar-refractivity contribution in [2.75, 3.05) is 10.6 Å². The topological polar surface area (TPSA) is 58.2 Å². The van der Waals surface area contributed by atoms with Crippen LogP contribution in [0.2, 0.25) is 0 Å². The van der Waals surface area contributed by atoms with E-state index < -0.39 is 0 Å². The quantitative estimate of drug-likeness (QED) is 0.834. The van der Waals surface area contributed by atoms with Gasteiger partial charge in [0.25, 0.3) is 5.91 Å². The van der Waals surface area contributed by atoms with Gasteiger partial charge in [-0.25, -0.2) is 0 Å². The number of thioether (sulfide) groups is 1. The first-order valence-corrected chi connectivity index (χ1v) is 7.94. The van der Waals surface area contributed by atoms with E-state index >= 15 is 0 Å². The third-order valence-electron chi connectivity index (χ3n) is 3.46. The number of rotatable bonds is 2. The van der Waals surface area contributed by atoms with Crippen LogP contribution in [0.15, 0.2) is 47.4 Å². The fourth-order valence-corrected chi connectivity index (χ4v) is 3.17. The van der Waals surface area contributed by atoms with E-state index in [1.807, 2.05) is 13.0 Å². The van der Waals surface area contributed by atoms with E-state index in [1.54, 1.807) is 36.4 Å². The molecule has 2 aromatic rings. The zero-order chi connectivity index (χ0) is 16.4. The highest BCUT2D eigenvalue weighted by molar-refractivity contribution is 8.00. The maximum atomic E-state index is 12.4. The second-order valence-corrected chi connectivity index (χ2v) is 6.52. The highest BCUT2D eigenvalue weighted by Crippen LogP contribution is 2.36. The van der Waals surface area contributed by atoms with Crippen LogP contribution in [0.3, 0.4) is 0 Å². The molecular formula is C18H14N2O2S. The number of terminal acetylenes is 1. The molecule has 5 heteroatoms. The number of benzene rings is 2. The molecule has 1 unspecified atom stereocenters. The fraction of sp³-hybridized carbons (Fsp3) is 0.111. The van der Waals surface area contributed by atoms with E-state index in [2.05, 4.69) is 16.6 Å². The molecule has 4 nitrogen and oxygen atoms in total. The van der Waals surface area contributed by atoms with Gasteiger partial charge in [0.2, 0.25) is 5.91 Å². The van der Waals surface area contributed by atoms with Crippen molar-refractivity contribution in [3.05, 3.63) is 53.6 Å². The molecule has 0 saturated carbocycles. The monoisotopic (exact) mass is 322 g/mol. The summed E-state index contributed by atoms with van der Waals surface area (Å²) in [4.78, 5) is 25.1. The molecule has 0 spiro atoms. The third kappa shape index (κ3) is 3.22. The van der Waals surface area contributed by atoms with Gasteiger partial charge in [-0.05, 0) is 43.3 Å². The van der Waals surface area contributed by atoms with E-state index in [4.69, 9.17) is 6.42 Å². The molecule has 114 valence electrons. The highest BCUT2D eigenvalue weighted by atomic mass is 32.2. The summed E-state index contributed by atoms with van der Waals surface area (Å²) in [6.07, 6.45) is 5.36.